The van der Waals surface area contributed by atoms with Crippen LogP contribution in [-0.4, -0.2) is 23.8 Å². The molecule has 0 atom stereocenters. The van der Waals surface area contributed by atoms with Crippen molar-refractivity contribution >= 4 is 33.1 Å². The van der Waals surface area contributed by atoms with Crippen molar-refractivity contribution < 1.29 is 26.4 Å². The van der Waals surface area contributed by atoms with Crippen LogP contribution in [0, 0.1) is 0 Å². The first-order valence-electron chi connectivity index (χ1n) is 8.01. The largest absolute Gasteiger partial charge is 0.416 e. The van der Waals surface area contributed by atoms with Crippen molar-refractivity contribution in [3.05, 3.63) is 76.8 Å². The van der Waals surface area contributed by atoms with Crippen LogP contribution < -0.4 is 4.72 Å². The summed E-state index contributed by atoms with van der Waals surface area (Å²) in [5, 5.41) is -0.355. The fourth-order valence-electron chi connectivity index (χ4n) is 2.50. The Hall–Kier alpha value is -2.85. The summed E-state index contributed by atoms with van der Waals surface area (Å²) in [5.41, 5.74) is -0.826. The summed E-state index contributed by atoms with van der Waals surface area (Å²) in [6, 6.07) is 7.41. The van der Waals surface area contributed by atoms with E-state index in [0.29, 0.717) is 12.1 Å². The molecule has 3 rings (SSSR count). The Labute approximate surface area is 169 Å². The number of nitrogens with one attached hydrogen (secondary N) is 1. The van der Waals surface area contributed by atoms with Gasteiger partial charge in [0.2, 0.25) is 5.78 Å². The Morgan fingerprint density at radius 1 is 1.14 bits per heavy atom. The van der Waals surface area contributed by atoms with Crippen LogP contribution in [0.15, 0.2) is 59.8 Å². The van der Waals surface area contributed by atoms with Gasteiger partial charge in [-0.05, 0) is 42.5 Å². The number of hydrogen-bond donors (Lipinski definition) is 1. The fourth-order valence-corrected chi connectivity index (χ4v) is 4.08. The number of aryl methyl sites for hydroxylation is 1. The Morgan fingerprint density at radius 3 is 2.34 bits per heavy atom. The van der Waals surface area contributed by atoms with E-state index in [9.17, 15) is 26.4 Å². The number of sulfonamides is 1. The number of ketones is 1. The van der Waals surface area contributed by atoms with E-state index < -0.39 is 26.7 Å². The maximum atomic E-state index is 12.9. The highest BCUT2D eigenvalue weighted by atomic mass is 35.5. The molecular weight excluding hydrogens is 431 g/mol. The minimum atomic E-state index is -4.72. The van der Waals surface area contributed by atoms with Crippen LogP contribution in [0.5, 0.6) is 0 Å². The third kappa shape index (κ3) is 4.43. The van der Waals surface area contributed by atoms with Gasteiger partial charge in [0.1, 0.15) is 4.90 Å². The van der Waals surface area contributed by atoms with Gasteiger partial charge in [-0.15, -0.1) is 0 Å². The van der Waals surface area contributed by atoms with Gasteiger partial charge in [0.25, 0.3) is 10.0 Å². The molecule has 0 amide bonds. The van der Waals surface area contributed by atoms with Gasteiger partial charge in [-0.1, -0.05) is 11.6 Å². The quantitative estimate of drug-likeness (QED) is 0.601. The lowest BCUT2D eigenvalue weighted by atomic mass is 10.1. The minimum absolute atomic E-state index is 0.0508. The van der Waals surface area contributed by atoms with E-state index in [1.807, 2.05) is 0 Å². The molecule has 0 saturated carbocycles. The van der Waals surface area contributed by atoms with Crippen LogP contribution in [0.3, 0.4) is 0 Å². The lowest BCUT2D eigenvalue weighted by Crippen LogP contribution is -2.15. The van der Waals surface area contributed by atoms with Crippen molar-refractivity contribution in [3.63, 3.8) is 0 Å². The van der Waals surface area contributed by atoms with E-state index in [1.165, 1.54) is 35.0 Å². The molecular formula is C18H13ClF3N3O3S. The third-order valence-corrected chi connectivity index (χ3v) is 5.83. The van der Waals surface area contributed by atoms with Gasteiger partial charge < -0.3 is 4.57 Å². The molecule has 0 saturated heterocycles. The number of halogens is 4. The van der Waals surface area contributed by atoms with Crippen LogP contribution >= 0.6 is 11.6 Å². The second-order valence-corrected chi connectivity index (χ2v) is 8.07. The second-order valence-electron chi connectivity index (χ2n) is 6.02. The predicted molar refractivity (Wildman–Crippen MR) is 100 cm³/mol. The lowest BCUT2D eigenvalue weighted by Gasteiger charge is -2.13. The average Bonchev–Trinajstić information content (AvgIpc) is 3.06. The molecule has 1 N–H and O–H groups in total. The third-order valence-electron chi connectivity index (χ3n) is 3.97. The summed E-state index contributed by atoms with van der Waals surface area (Å²) < 4.78 is 67.4. The number of rotatable bonds is 5. The number of aromatic nitrogens is 2. The molecule has 152 valence electrons. The number of nitrogens with zero attached hydrogens (tertiary/aromatic N) is 2. The van der Waals surface area contributed by atoms with E-state index in [-0.39, 0.29) is 27.9 Å². The standard InChI is InChI=1S/C18H13ClF3N3O3S/c1-25-9-8-23-17(25)16(26)11-2-5-13(6-3-11)24-29(27,28)15-10-12(18(20,21)22)4-7-14(15)19/h2-10,24H,1H3. The first kappa shape index (κ1) is 20.9. The topological polar surface area (TPSA) is 81.1 Å². The molecule has 1 aromatic heterocycles. The molecule has 0 radical (unpaired) electrons. The van der Waals surface area contributed by atoms with Gasteiger partial charge in [0.05, 0.1) is 10.6 Å². The number of carbonyl (C=O) groups excluding carboxylic acids is 1. The number of carbonyl (C=O) groups is 1. The average molecular weight is 444 g/mol. The number of hydrogen-bond acceptors (Lipinski definition) is 4. The maximum absolute atomic E-state index is 12.9. The Morgan fingerprint density at radius 2 is 1.79 bits per heavy atom. The van der Waals surface area contributed by atoms with E-state index in [1.54, 1.807) is 13.2 Å². The van der Waals surface area contributed by atoms with Crippen molar-refractivity contribution in [2.75, 3.05) is 4.72 Å². The molecule has 0 aliphatic carbocycles. The zero-order valence-electron chi connectivity index (χ0n) is 14.7. The summed E-state index contributed by atoms with van der Waals surface area (Å²) in [7, 11) is -2.74. The second kappa shape index (κ2) is 7.53. The molecule has 1 heterocycles. The van der Waals surface area contributed by atoms with Gasteiger partial charge in [-0.2, -0.15) is 13.2 Å². The summed E-state index contributed by atoms with van der Waals surface area (Å²) in [6.07, 6.45) is -1.65. The van der Waals surface area contributed by atoms with E-state index in [4.69, 9.17) is 11.6 Å². The Balaban J connectivity index is 1.86. The molecule has 0 bridgehead atoms. The molecule has 11 heteroatoms. The Bertz CT molecular complexity index is 1170. The van der Waals surface area contributed by atoms with E-state index in [2.05, 4.69) is 9.71 Å². The van der Waals surface area contributed by atoms with Crippen molar-refractivity contribution in [1.82, 2.24) is 9.55 Å². The zero-order chi connectivity index (χ0) is 21.4. The van der Waals surface area contributed by atoms with Gasteiger partial charge >= 0.3 is 6.18 Å². The smallest absolute Gasteiger partial charge is 0.331 e. The molecule has 0 fully saturated rings. The summed E-state index contributed by atoms with van der Waals surface area (Å²) in [6.45, 7) is 0. The number of alkyl halides is 3. The molecule has 0 aliphatic rings. The number of anilines is 1. The molecule has 3 aromatic rings. The van der Waals surface area contributed by atoms with Crippen LogP contribution in [0.1, 0.15) is 21.7 Å². The zero-order valence-corrected chi connectivity index (χ0v) is 16.3. The van der Waals surface area contributed by atoms with Crippen molar-refractivity contribution in [1.29, 1.82) is 0 Å². The molecule has 2 aromatic carbocycles. The summed E-state index contributed by atoms with van der Waals surface area (Å²) >= 11 is 5.80. The van der Waals surface area contributed by atoms with E-state index >= 15 is 0 Å². The number of imidazole rings is 1. The van der Waals surface area contributed by atoms with Gasteiger partial charge in [-0.25, -0.2) is 13.4 Å². The monoisotopic (exact) mass is 443 g/mol. The molecule has 0 unspecified atom stereocenters. The van der Waals surface area contributed by atoms with Crippen molar-refractivity contribution in [2.24, 2.45) is 7.05 Å². The summed E-state index contributed by atoms with van der Waals surface area (Å²) in [4.78, 5) is 15.6. The van der Waals surface area contributed by atoms with Crippen molar-refractivity contribution in [2.45, 2.75) is 11.1 Å². The molecule has 29 heavy (non-hydrogen) atoms. The van der Waals surface area contributed by atoms with Crippen molar-refractivity contribution in [3.8, 4) is 0 Å². The Kier molecular flexibility index (Phi) is 5.42. The lowest BCUT2D eigenvalue weighted by molar-refractivity contribution is -0.137. The fraction of sp³-hybridized carbons (Fsp3) is 0.111. The van der Waals surface area contributed by atoms with Crippen LogP contribution in [-0.2, 0) is 23.2 Å². The molecule has 0 spiro atoms. The predicted octanol–water partition coefficient (Wildman–Crippen LogP) is 4.12. The minimum Gasteiger partial charge on any atom is -0.331 e. The van der Waals surface area contributed by atoms with Crippen LogP contribution in [0.25, 0.3) is 0 Å². The van der Waals surface area contributed by atoms with E-state index in [0.717, 1.165) is 6.07 Å². The van der Waals surface area contributed by atoms with Crippen LogP contribution in [0.2, 0.25) is 5.02 Å². The summed E-state index contributed by atoms with van der Waals surface area (Å²) in [5.74, 6) is -0.165. The normalized spacial score (nSPS) is 12.0. The first-order chi connectivity index (χ1) is 13.5. The number of benzene rings is 2. The highest BCUT2D eigenvalue weighted by Gasteiger charge is 2.32. The first-order valence-corrected chi connectivity index (χ1v) is 9.87. The maximum Gasteiger partial charge on any atom is 0.416 e. The highest BCUT2D eigenvalue weighted by Crippen LogP contribution is 2.34. The van der Waals surface area contributed by atoms with Crippen LogP contribution in [0.4, 0.5) is 18.9 Å². The van der Waals surface area contributed by atoms with Gasteiger partial charge in [0, 0.05) is 30.7 Å². The molecule has 6 nitrogen and oxygen atoms in total. The highest BCUT2D eigenvalue weighted by molar-refractivity contribution is 7.92. The molecule has 0 aliphatic heterocycles. The SMILES string of the molecule is Cn1ccnc1C(=O)c1ccc(NS(=O)(=O)c2cc(C(F)(F)F)ccc2Cl)cc1. The van der Waals surface area contributed by atoms with Gasteiger partial charge in [-0.3, -0.25) is 9.52 Å². The van der Waals surface area contributed by atoms with Gasteiger partial charge in [0.15, 0.2) is 5.82 Å².